The van der Waals surface area contributed by atoms with Crippen molar-refractivity contribution in [2.75, 3.05) is 0 Å². The molecule has 0 unspecified atom stereocenters. The molecule has 2 rings (SSSR count). The van der Waals surface area contributed by atoms with Crippen LogP contribution in [-0.4, -0.2) is 10.7 Å². The van der Waals surface area contributed by atoms with Gasteiger partial charge in [-0.25, -0.2) is 0 Å². The van der Waals surface area contributed by atoms with E-state index >= 15 is 0 Å². The molecule has 1 heterocycles. The highest BCUT2D eigenvalue weighted by Crippen LogP contribution is 2.24. The first-order valence-electron chi connectivity index (χ1n) is 5.56. The molecule has 0 aliphatic heterocycles. The summed E-state index contributed by atoms with van der Waals surface area (Å²) in [4.78, 5) is 22.2. The lowest BCUT2D eigenvalue weighted by Crippen LogP contribution is -2.01. The average molecular weight is 284 g/mol. The van der Waals surface area contributed by atoms with Gasteiger partial charge in [0.25, 0.3) is 0 Å². The second-order valence-corrected chi connectivity index (χ2v) is 4.73. The Bertz CT molecular complexity index is 726. The summed E-state index contributed by atoms with van der Waals surface area (Å²) in [5.41, 5.74) is 0.830. The monoisotopic (exact) mass is 284 g/mol. The average Bonchev–Trinajstić information content (AvgIpc) is 2.94. The largest absolute Gasteiger partial charge is 0.324 e. The first-order chi connectivity index (χ1) is 9.61. The van der Waals surface area contributed by atoms with Gasteiger partial charge in [0, 0.05) is 17.0 Å². The Morgan fingerprint density at radius 3 is 2.60 bits per heavy atom. The van der Waals surface area contributed by atoms with Crippen molar-refractivity contribution < 1.29 is 9.72 Å². The zero-order valence-corrected chi connectivity index (χ0v) is 11.0. The summed E-state index contributed by atoms with van der Waals surface area (Å²) in [6, 6.07) is 11.6. The molecule has 0 radical (unpaired) electrons. The quantitative estimate of drug-likeness (QED) is 0.283. The third-order valence-electron chi connectivity index (χ3n) is 2.50. The SMILES string of the molecule is N#CC(=Cc1csc([N+](=O)[O-])c1)C(=O)c1ccccc1. The van der Waals surface area contributed by atoms with Gasteiger partial charge >= 0.3 is 5.00 Å². The number of rotatable bonds is 4. The predicted molar refractivity (Wildman–Crippen MR) is 75.3 cm³/mol. The predicted octanol–water partition coefficient (Wildman–Crippen LogP) is 3.45. The minimum atomic E-state index is -0.507. The van der Waals surface area contributed by atoms with Crippen molar-refractivity contribution in [1.82, 2.24) is 0 Å². The van der Waals surface area contributed by atoms with Crippen LogP contribution in [0.3, 0.4) is 0 Å². The standard InChI is InChI=1S/C14H8N2O3S/c15-8-12(14(17)11-4-2-1-3-5-11)6-10-7-13(16(18)19)20-9-10/h1-7,9H. The molecule has 2 aromatic rings. The number of carbonyl (C=O) groups is 1. The number of carbonyl (C=O) groups excluding carboxylic acids is 1. The lowest BCUT2D eigenvalue weighted by Gasteiger charge is -1.97. The fraction of sp³-hybridized carbons (Fsp3) is 0. The molecule has 0 spiro atoms. The maximum atomic E-state index is 12.1. The molecule has 0 fully saturated rings. The second-order valence-electron chi connectivity index (χ2n) is 3.84. The maximum absolute atomic E-state index is 12.1. The van der Waals surface area contributed by atoms with Crippen molar-refractivity contribution in [2.24, 2.45) is 0 Å². The zero-order chi connectivity index (χ0) is 14.5. The lowest BCUT2D eigenvalue weighted by molar-refractivity contribution is -0.380. The molecule has 6 heteroatoms. The summed E-state index contributed by atoms with van der Waals surface area (Å²) in [5, 5.41) is 21.2. The summed E-state index contributed by atoms with van der Waals surface area (Å²) in [6.45, 7) is 0. The van der Waals surface area contributed by atoms with Crippen LogP contribution < -0.4 is 0 Å². The Morgan fingerprint density at radius 1 is 1.35 bits per heavy atom. The molecular formula is C14H8N2O3S. The first-order valence-corrected chi connectivity index (χ1v) is 6.44. The summed E-state index contributed by atoms with van der Waals surface area (Å²) >= 11 is 0.953. The van der Waals surface area contributed by atoms with E-state index in [1.165, 1.54) is 17.5 Å². The molecule has 0 saturated heterocycles. The van der Waals surface area contributed by atoms with E-state index in [9.17, 15) is 14.9 Å². The molecule has 0 N–H and O–H groups in total. The van der Waals surface area contributed by atoms with Gasteiger partial charge in [-0.3, -0.25) is 14.9 Å². The fourth-order valence-corrected chi connectivity index (χ4v) is 2.25. The molecular weight excluding hydrogens is 276 g/mol. The van der Waals surface area contributed by atoms with E-state index in [1.54, 1.807) is 30.3 Å². The van der Waals surface area contributed by atoms with E-state index in [1.807, 2.05) is 6.07 Å². The van der Waals surface area contributed by atoms with Gasteiger partial charge in [0.2, 0.25) is 5.78 Å². The van der Waals surface area contributed by atoms with Gasteiger partial charge < -0.3 is 0 Å². The number of hydrogen-bond acceptors (Lipinski definition) is 5. The number of thiophene rings is 1. The van der Waals surface area contributed by atoms with Crippen molar-refractivity contribution >= 4 is 28.2 Å². The third kappa shape index (κ3) is 2.96. The van der Waals surface area contributed by atoms with Crippen LogP contribution in [0, 0.1) is 21.4 Å². The van der Waals surface area contributed by atoms with Gasteiger partial charge in [-0.05, 0) is 11.6 Å². The van der Waals surface area contributed by atoms with Gasteiger partial charge in [0.1, 0.15) is 11.6 Å². The number of allylic oxidation sites excluding steroid dienone is 1. The molecule has 98 valence electrons. The Morgan fingerprint density at radius 2 is 2.05 bits per heavy atom. The molecule has 20 heavy (non-hydrogen) atoms. The Labute approximate surface area is 118 Å². The van der Waals surface area contributed by atoms with Crippen LogP contribution in [-0.2, 0) is 0 Å². The molecule has 0 aliphatic carbocycles. The topological polar surface area (TPSA) is 84.0 Å². The van der Waals surface area contributed by atoms with Crippen molar-refractivity contribution in [3.05, 3.63) is 68.6 Å². The van der Waals surface area contributed by atoms with E-state index in [-0.39, 0.29) is 10.6 Å². The number of nitrogens with zero attached hydrogens (tertiary/aromatic N) is 2. The van der Waals surface area contributed by atoms with Crippen molar-refractivity contribution in [2.45, 2.75) is 0 Å². The van der Waals surface area contributed by atoms with Gasteiger partial charge in [-0.2, -0.15) is 5.26 Å². The van der Waals surface area contributed by atoms with Crippen molar-refractivity contribution in [3.63, 3.8) is 0 Å². The van der Waals surface area contributed by atoms with Crippen LogP contribution in [0.15, 0.2) is 47.4 Å². The smallest absolute Gasteiger partial charge is 0.288 e. The molecule has 1 aromatic carbocycles. The van der Waals surface area contributed by atoms with Gasteiger partial charge in [-0.1, -0.05) is 41.7 Å². The first kappa shape index (κ1) is 13.6. The molecule has 0 atom stereocenters. The van der Waals surface area contributed by atoms with Crippen LogP contribution in [0.25, 0.3) is 6.08 Å². The molecule has 5 nitrogen and oxygen atoms in total. The lowest BCUT2D eigenvalue weighted by atomic mass is 10.0. The molecule has 0 amide bonds. The van der Waals surface area contributed by atoms with Crippen LogP contribution in [0.1, 0.15) is 15.9 Å². The minimum Gasteiger partial charge on any atom is -0.288 e. The Balaban J connectivity index is 2.32. The molecule has 1 aromatic heterocycles. The maximum Gasteiger partial charge on any atom is 0.324 e. The van der Waals surface area contributed by atoms with Crippen molar-refractivity contribution in [1.29, 1.82) is 5.26 Å². The van der Waals surface area contributed by atoms with Crippen LogP contribution in [0.5, 0.6) is 0 Å². The summed E-state index contributed by atoms with van der Waals surface area (Å²) < 4.78 is 0. The number of nitro groups is 1. The van der Waals surface area contributed by atoms with Crippen molar-refractivity contribution in [3.8, 4) is 6.07 Å². The minimum absolute atomic E-state index is 0.0271. The van der Waals surface area contributed by atoms with E-state index in [2.05, 4.69) is 0 Å². The molecule has 0 aliphatic rings. The normalized spacial score (nSPS) is 10.8. The summed E-state index contributed by atoms with van der Waals surface area (Å²) in [7, 11) is 0. The van der Waals surface area contributed by atoms with E-state index in [4.69, 9.17) is 5.26 Å². The van der Waals surface area contributed by atoms with Gasteiger partial charge in [0.15, 0.2) is 0 Å². The number of benzene rings is 1. The molecule has 0 bridgehead atoms. The van der Waals surface area contributed by atoms with Gasteiger partial charge in [-0.15, -0.1) is 0 Å². The second kappa shape index (κ2) is 5.91. The Kier molecular flexibility index (Phi) is 4.03. The van der Waals surface area contributed by atoms with Gasteiger partial charge in [0.05, 0.1) is 4.92 Å². The van der Waals surface area contributed by atoms with Crippen LogP contribution in [0.2, 0.25) is 0 Å². The summed E-state index contributed by atoms with van der Waals surface area (Å²) in [5.74, 6) is -0.401. The number of hydrogen-bond donors (Lipinski definition) is 0. The highest BCUT2D eigenvalue weighted by atomic mass is 32.1. The highest BCUT2D eigenvalue weighted by Gasteiger charge is 2.14. The number of ketones is 1. The highest BCUT2D eigenvalue weighted by molar-refractivity contribution is 7.13. The fourth-order valence-electron chi connectivity index (χ4n) is 1.57. The van der Waals surface area contributed by atoms with E-state index < -0.39 is 10.7 Å². The zero-order valence-electron chi connectivity index (χ0n) is 10.1. The van der Waals surface area contributed by atoms with E-state index in [0.717, 1.165) is 11.3 Å². The number of Topliss-reactive ketones (excluding diaryl/α,β-unsaturated/α-hetero) is 1. The summed E-state index contributed by atoms with van der Waals surface area (Å²) in [6.07, 6.45) is 1.36. The number of nitriles is 1. The third-order valence-corrected chi connectivity index (χ3v) is 3.40. The van der Waals surface area contributed by atoms with E-state index in [0.29, 0.717) is 11.1 Å². The Hall–Kier alpha value is -2.78. The van der Waals surface area contributed by atoms with Crippen LogP contribution >= 0.6 is 11.3 Å². The van der Waals surface area contributed by atoms with Crippen LogP contribution in [0.4, 0.5) is 5.00 Å². The molecule has 0 saturated carbocycles.